The lowest BCUT2D eigenvalue weighted by molar-refractivity contribution is -0.136. The Hall–Kier alpha value is -4.22. The number of anilines is 2. The smallest absolute Gasteiger partial charge is 0.418 e. The van der Waals surface area contributed by atoms with E-state index in [0.29, 0.717) is 6.07 Å². The van der Waals surface area contributed by atoms with Gasteiger partial charge in [-0.2, -0.15) is 13.2 Å². The van der Waals surface area contributed by atoms with Crippen molar-refractivity contribution in [2.75, 3.05) is 10.6 Å². The zero-order valence-corrected chi connectivity index (χ0v) is 16.3. The zero-order chi connectivity index (χ0) is 23.8. The summed E-state index contributed by atoms with van der Waals surface area (Å²) in [5, 5.41) is 4.45. The number of nitrogens with zero attached hydrogens (tertiary/aromatic N) is 1. The van der Waals surface area contributed by atoms with Crippen LogP contribution < -0.4 is 10.6 Å². The largest absolute Gasteiger partial charge is 0.459 e. The van der Waals surface area contributed by atoms with Crippen molar-refractivity contribution >= 4 is 34.2 Å². The van der Waals surface area contributed by atoms with E-state index in [1.165, 1.54) is 42.7 Å². The van der Waals surface area contributed by atoms with Gasteiger partial charge in [0, 0.05) is 11.3 Å². The highest BCUT2D eigenvalue weighted by molar-refractivity contribution is 6.07. The lowest BCUT2D eigenvalue weighted by Gasteiger charge is -2.15. The standard InChI is InChI=1S/C21H13F5N4O3/c22-17(23)18-28-14-5-3-10(8-15(14)29-18)19(31)30-13-6-4-11(9-12(13)21(24,25)26)27-20(32)16-2-1-7-33-16/h1-9,17H,(H,27,32)(H,28,29)(H,30,31). The van der Waals surface area contributed by atoms with Crippen LogP contribution in [0.5, 0.6) is 0 Å². The van der Waals surface area contributed by atoms with E-state index >= 15 is 0 Å². The number of amides is 2. The molecule has 170 valence electrons. The fourth-order valence-electron chi connectivity index (χ4n) is 3.03. The van der Waals surface area contributed by atoms with Gasteiger partial charge in [-0.15, -0.1) is 0 Å². The van der Waals surface area contributed by atoms with Gasteiger partial charge in [-0.25, -0.2) is 13.8 Å². The number of rotatable bonds is 5. The number of aromatic nitrogens is 2. The minimum atomic E-state index is -4.85. The summed E-state index contributed by atoms with van der Waals surface area (Å²) < 4.78 is 71.3. The number of carbonyl (C=O) groups excluding carboxylic acids is 2. The van der Waals surface area contributed by atoms with Crippen molar-refractivity contribution in [3.8, 4) is 0 Å². The number of carbonyl (C=O) groups is 2. The fourth-order valence-corrected chi connectivity index (χ4v) is 3.03. The van der Waals surface area contributed by atoms with E-state index in [2.05, 4.69) is 20.6 Å². The molecule has 12 heteroatoms. The molecule has 4 aromatic rings. The molecule has 7 nitrogen and oxygen atoms in total. The van der Waals surface area contributed by atoms with Crippen molar-refractivity contribution in [2.24, 2.45) is 0 Å². The maximum absolute atomic E-state index is 13.6. The van der Waals surface area contributed by atoms with Gasteiger partial charge in [0.1, 0.15) is 0 Å². The Bertz CT molecular complexity index is 1330. The summed E-state index contributed by atoms with van der Waals surface area (Å²) in [5.74, 6) is -2.33. The van der Waals surface area contributed by atoms with E-state index in [0.717, 1.165) is 6.07 Å². The molecule has 4 rings (SSSR count). The molecule has 0 atom stereocenters. The summed E-state index contributed by atoms with van der Waals surface area (Å²) in [7, 11) is 0. The summed E-state index contributed by atoms with van der Waals surface area (Å²) in [6.45, 7) is 0. The Kier molecular flexibility index (Phi) is 5.58. The van der Waals surface area contributed by atoms with Crippen LogP contribution in [-0.2, 0) is 6.18 Å². The summed E-state index contributed by atoms with van der Waals surface area (Å²) in [4.78, 5) is 30.6. The molecule has 2 aromatic heterocycles. The van der Waals surface area contributed by atoms with Crippen molar-refractivity contribution < 1.29 is 36.0 Å². The monoisotopic (exact) mass is 464 g/mol. The fraction of sp³-hybridized carbons (Fsp3) is 0.0952. The van der Waals surface area contributed by atoms with Gasteiger partial charge < -0.3 is 20.0 Å². The molecule has 0 fully saturated rings. The number of fused-ring (bicyclic) bond motifs is 1. The highest BCUT2D eigenvalue weighted by Gasteiger charge is 2.34. The first-order valence-corrected chi connectivity index (χ1v) is 9.27. The third-order valence-electron chi connectivity index (χ3n) is 4.55. The maximum atomic E-state index is 13.6. The van der Waals surface area contributed by atoms with E-state index in [1.807, 2.05) is 0 Å². The summed E-state index contributed by atoms with van der Waals surface area (Å²) in [5.41, 5.74) is -1.69. The van der Waals surface area contributed by atoms with Crippen molar-refractivity contribution in [1.29, 1.82) is 0 Å². The molecule has 0 saturated carbocycles. The number of alkyl halides is 5. The molecule has 0 radical (unpaired) electrons. The molecule has 0 aliphatic heterocycles. The molecule has 3 N–H and O–H groups in total. The number of halogens is 5. The second-order valence-electron chi connectivity index (χ2n) is 6.80. The number of hydrogen-bond acceptors (Lipinski definition) is 4. The van der Waals surface area contributed by atoms with Gasteiger partial charge in [-0.3, -0.25) is 9.59 Å². The highest BCUT2D eigenvalue weighted by atomic mass is 19.4. The summed E-state index contributed by atoms with van der Waals surface area (Å²) >= 11 is 0. The predicted octanol–water partition coefficient (Wildman–Crippen LogP) is 5.62. The Labute approximate surface area is 181 Å². The van der Waals surface area contributed by atoms with Crippen LogP contribution in [0.15, 0.2) is 59.2 Å². The second-order valence-corrected chi connectivity index (χ2v) is 6.80. The molecule has 0 aliphatic carbocycles. The molecule has 2 aromatic carbocycles. The van der Waals surface area contributed by atoms with Crippen LogP contribution in [0, 0.1) is 0 Å². The van der Waals surface area contributed by atoms with Gasteiger partial charge in [-0.05, 0) is 48.5 Å². The van der Waals surface area contributed by atoms with Crippen LogP contribution in [0.2, 0.25) is 0 Å². The van der Waals surface area contributed by atoms with Gasteiger partial charge >= 0.3 is 6.18 Å². The second kappa shape index (κ2) is 8.37. The molecule has 0 spiro atoms. The summed E-state index contributed by atoms with van der Waals surface area (Å²) in [6, 6.07) is 9.38. The molecule has 0 unspecified atom stereocenters. The minimum absolute atomic E-state index is 0.0738. The van der Waals surface area contributed by atoms with Crippen LogP contribution in [-0.4, -0.2) is 21.8 Å². The quantitative estimate of drug-likeness (QED) is 0.334. The third kappa shape index (κ3) is 4.68. The summed E-state index contributed by atoms with van der Waals surface area (Å²) in [6.07, 6.45) is -6.47. The van der Waals surface area contributed by atoms with Gasteiger partial charge in [0.05, 0.1) is 28.5 Å². The number of nitrogens with one attached hydrogen (secondary N) is 3. The topological polar surface area (TPSA) is 100 Å². The molecule has 0 aliphatic rings. The van der Waals surface area contributed by atoms with Crippen LogP contribution >= 0.6 is 0 Å². The molecule has 0 bridgehead atoms. The molecule has 0 saturated heterocycles. The van der Waals surface area contributed by atoms with Crippen LogP contribution in [0.1, 0.15) is 38.7 Å². The molecular weight excluding hydrogens is 451 g/mol. The Morgan fingerprint density at radius 3 is 2.45 bits per heavy atom. The van der Waals surface area contributed by atoms with Crippen molar-refractivity contribution in [1.82, 2.24) is 9.97 Å². The number of hydrogen-bond donors (Lipinski definition) is 3. The number of furan rings is 1. The predicted molar refractivity (Wildman–Crippen MR) is 107 cm³/mol. The Morgan fingerprint density at radius 2 is 1.79 bits per heavy atom. The van der Waals surface area contributed by atoms with Gasteiger partial charge in [0.2, 0.25) is 0 Å². The van der Waals surface area contributed by atoms with Gasteiger partial charge in [0.25, 0.3) is 18.2 Å². The Balaban J connectivity index is 1.59. The first kappa shape index (κ1) is 22.0. The number of H-pyrrole nitrogens is 1. The SMILES string of the molecule is O=C(Nc1ccc(NC(=O)c2ccco2)cc1C(F)(F)F)c1ccc2nc(C(F)F)[nH]c2c1. The third-order valence-corrected chi connectivity index (χ3v) is 4.55. The van der Waals surface area contributed by atoms with E-state index in [1.54, 1.807) is 0 Å². The first-order valence-electron chi connectivity index (χ1n) is 9.27. The number of benzene rings is 2. The highest BCUT2D eigenvalue weighted by Crippen LogP contribution is 2.37. The average Bonchev–Trinajstić information content (AvgIpc) is 3.43. The lowest BCUT2D eigenvalue weighted by Crippen LogP contribution is -2.18. The number of aromatic amines is 1. The van der Waals surface area contributed by atoms with E-state index < -0.39 is 41.5 Å². The van der Waals surface area contributed by atoms with Crippen LogP contribution in [0.3, 0.4) is 0 Å². The van der Waals surface area contributed by atoms with E-state index in [9.17, 15) is 31.5 Å². The Morgan fingerprint density at radius 1 is 1.00 bits per heavy atom. The molecule has 33 heavy (non-hydrogen) atoms. The maximum Gasteiger partial charge on any atom is 0.418 e. The van der Waals surface area contributed by atoms with E-state index in [-0.39, 0.29) is 28.0 Å². The van der Waals surface area contributed by atoms with Gasteiger partial charge in [-0.1, -0.05) is 0 Å². The first-order chi connectivity index (χ1) is 15.6. The minimum Gasteiger partial charge on any atom is -0.459 e. The molecule has 2 amide bonds. The van der Waals surface area contributed by atoms with Gasteiger partial charge in [0.15, 0.2) is 11.6 Å². The zero-order valence-electron chi connectivity index (χ0n) is 16.3. The van der Waals surface area contributed by atoms with Crippen molar-refractivity contribution in [3.05, 3.63) is 77.5 Å². The van der Waals surface area contributed by atoms with Crippen LogP contribution in [0.25, 0.3) is 11.0 Å². The molecule has 2 heterocycles. The normalized spacial score (nSPS) is 11.7. The number of imidazole rings is 1. The van der Waals surface area contributed by atoms with Crippen molar-refractivity contribution in [2.45, 2.75) is 12.6 Å². The lowest BCUT2D eigenvalue weighted by atomic mass is 10.1. The average molecular weight is 464 g/mol. The van der Waals surface area contributed by atoms with E-state index in [4.69, 9.17) is 4.42 Å². The van der Waals surface area contributed by atoms with Crippen LogP contribution in [0.4, 0.5) is 33.3 Å². The van der Waals surface area contributed by atoms with Crippen molar-refractivity contribution in [3.63, 3.8) is 0 Å². The molecular formula is C21H13F5N4O3.